The van der Waals surface area contributed by atoms with Crippen molar-refractivity contribution in [3.8, 4) is 11.5 Å². The number of nitrogens with zero attached hydrogens (tertiary/aromatic N) is 3. The monoisotopic (exact) mass is 316 g/mol. The van der Waals surface area contributed by atoms with Crippen molar-refractivity contribution in [2.24, 2.45) is 11.8 Å². The van der Waals surface area contributed by atoms with E-state index in [1.54, 1.807) is 6.20 Å². The van der Waals surface area contributed by atoms with Crippen molar-refractivity contribution in [2.45, 2.75) is 33.1 Å². The molecule has 0 amide bonds. The summed E-state index contributed by atoms with van der Waals surface area (Å²) < 4.78 is 10.8. The van der Waals surface area contributed by atoms with Crippen LogP contribution in [0.15, 0.2) is 22.9 Å². The predicted octanol–water partition coefficient (Wildman–Crippen LogP) is 3.17. The van der Waals surface area contributed by atoms with Crippen LogP contribution in [0.2, 0.25) is 0 Å². The van der Waals surface area contributed by atoms with E-state index >= 15 is 0 Å². The number of anilines is 1. The maximum absolute atomic E-state index is 5.49. The molecule has 0 saturated carbocycles. The topological polar surface area (TPSA) is 73.1 Å². The smallest absolute Gasteiger partial charge is 0.259 e. The lowest BCUT2D eigenvalue weighted by Gasteiger charge is -2.22. The van der Waals surface area contributed by atoms with Crippen molar-refractivity contribution in [2.75, 3.05) is 25.1 Å². The first-order valence-corrected chi connectivity index (χ1v) is 8.31. The molecule has 124 valence electrons. The van der Waals surface area contributed by atoms with E-state index in [4.69, 9.17) is 9.26 Å². The van der Waals surface area contributed by atoms with Crippen molar-refractivity contribution in [3.05, 3.63) is 24.2 Å². The summed E-state index contributed by atoms with van der Waals surface area (Å²) in [6.07, 6.45) is 4.95. The fourth-order valence-corrected chi connectivity index (χ4v) is 2.66. The van der Waals surface area contributed by atoms with Crippen molar-refractivity contribution in [1.29, 1.82) is 0 Å². The quantitative estimate of drug-likeness (QED) is 0.882. The Morgan fingerprint density at radius 2 is 2.26 bits per heavy atom. The molecule has 0 radical (unpaired) electrons. The van der Waals surface area contributed by atoms with Crippen LogP contribution in [0.1, 0.15) is 32.5 Å². The van der Waals surface area contributed by atoms with Crippen molar-refractivity contribution in [3.63, 3.8) is 0 Å². The summed E-state index contributed by atoms with van der Waals surface area (Å²) in [7, 11) is 0. The van der Waals surface area contributed by atoms with E-state index in [0.29, 0.717) is 17.7 Å². The summed E-state index contributed by atoms with van der Waals surface area (Å²) in [5.41, 5.74) is 0.846. The Labute approximate surface area is 136 Å². The van der Waals surface area contributed by atoms with Gasteiger partial charge >= 0.3 is 0 Å². The third kappa shape index (κ3) is 4.51. The molecule has 0 bridgehead atoms. The van der Waals surface area contributed by atoms with Gasteiger partial charge < -0.3 is 14.6 Å². The molecule has 1 atom stereocenters. The molecule has 0 unspecified atom stereocenters. The van der Waals surface area contributed by atoms with Gasteiger partial charge in [0.2, 0.25) is 0 Å². The Balaban J connectivity index is 1.57. The van der Waals surface area contributed by atoms with Gasteiger partial charge in [-0.2, -0.15) is 4.98 Å². The lowest BCUT2D eigenvalue weighted by atomic mass is 10.0. The minimum atomic E-state index is 0.508. The summed E-state index contributed by atoms with van der Waals surface area (Å²) in [6.45, 7) is 6.90. The third-order valence-corrected chi connectivity index (χ3v) is 3.90. The second-order valence-electron chi connectivity index (χ2n) is 6.51. The zero-order chi connectivity index (χ0) is 16.1. The van der Waals surface area contributed by atoms with Crippen LogP contribution in [-0.4, -0.2) is 34.9 Å². The van der Waals surface area contributed by atoms with E-state index in [1.165, 1.54) is 6.42 Å². The first kappa shape index (κ1) is 15.9. The fourth-order valence-electron chi connectivity index (χ4n) is 2.66. The van der Waals surface area contributed by atoms with Crippen LogP contribution in [0.25, 0.3) is 11.5 Å². The summed E-state index contributed by atoms with van der Waals surface area (Å²) in [6, 6.07) is 3.91. The molecule has 6 nitrogen and oxygen atoms in total. The van der Waals surface area contributed by atoms with Crippen molar-refractivity contribution < 1.29 is 9.26 Å². The number of rotatable bonds is 6. The van der Waals surface area contributed by atoms with E-state index in [9.17, 15) is 0 Å². The van der Waals surface area contributed by atoms with Gasteiger partial charge in [0.1, 0.15) is 5.82 Å². The van der Waals surface area contributed by atoms with Gasteiger partial charge in [-0.05, 0) is 36.8 Å². The zero-order valence-corrected chi connectivity index (χ0v) is 13.8. The van der Waals surface area contributed by atoms with Crippen molar-refractivity contribution >= 4 is 5.82 Å². The van der Waals surface area contributed by atoms with Gasteiger partial charge in [-0.15, -0.1) is 0 Å². The van der Waals surface area contributed by atoms with E-state index in [0.717, 1.165) is 49.8 Å². The third-order valence-electron chi connectivity index (χ3n) is 3.90. The first-order valence-electron chi connectivity index (χ1n) is 8.31. The molecule has 1 fully saturated rings. The molecule has 1 N–H and O–H groups in total. The minimum absolute atomic E-state index is 0.508. The van der Waals surface area contributed by atoms with Crippen LogP contribution >= 0.6 is 0 Å². The van der Waals surface area contributed by atoms with Crippen LogP contribution in [0, 0.1) is 11.8 Å². The SMILES string of the molecule is CC(C)Cc1noc(-c2ccc(NC[C@H]3CCCOC3)nc2)n1. The molecule has 2 aromatic rings. The molecule has 3 rings (SSSR count). The average molecular weight is 316 g/mol. The van der Waals surface area contributed by atoms with Crippen LogP contribution in [0.5, 0.6) is 0 Å². The van der Waals surface area contributed by atoms with Gasteiger partial charge in [0, 0.05) is 25.8 Å². The molecule has 3 heterocycles. The standard InChI is InChI=1S/C17H24N4O2/c1-12(2)8-16-20-17(23-21-16)14-5-6-15(19-10-14)18-9-13-4-3-7-22-11-13/h5-6,10,12-13H,3-4,7-9,11H2,1-2H3,(H,18,19)/t13-/m1/s1. The maximum atomic E-state index is 5.49. The second kappa shape index (κ2) is 7.55. The Morgan fingerprint density at radius 1 is 1.35 bits per heavy atom. The molecule has 2 aromatic heterocycles. The minimum Gasteiger partial charge on any atom is -0.381 e. The van der Waals surface area contributed by atoms with Gasteiger partial charge in [-0.1, -0.05) is 19.0 Å². The fraction of sp³-hybridized carbons (Fsp3) is 0.588. The normalized spacial score (nSPS) is 18.3. The van der Waals surface area contributed by atoms with Gasteiger partial charge in [0.05, 0.1) is 12.2 Å². The number of pyridine rings is 1. The molecule has 1 saturated heterocycles. The van der Waals surface area contributed by atoms with Crippen LogP contribution < -0.4 is 5.32 Å². The number of ether oxygens (including phenoxy) is 1. The van der Waals surface area contributed by atoms with Gasteiger partial charge in [0.25, 0.3) is 5.89 Å². The number of nitrogens with one attached hydrogen (secondary N) is 1. The summed E-state index contributed by atoms with van der Waals surface area (Å²) in [5.74, 6) is 3.21. The Kier molecular flexibility index (Phi) is 5.23. The van der Waals surface area contributed by atoms with E-state index in [1.807, 2.05) is 12.1 Å². The molecule has 0 aliphatic carbocycles. The van der Waals surface area contributed by atoms with Gasteiger partial charge in [-0.25, -0.2) is 4.98 Å². The Morgan fingerprint density at radius 3 is 2.96 bits per heavy atom. The molecular weight excluding hydrogens is 292 g/mol. The van der Waals surface area contributed by atoms with Crippen LogP contribution in [-0.2, 0) is 11.2 Å². The highest BCUT2D eigenvalue weighted by Crippen LogP contribution is 2.19. The largest absolute Gasteiger partial charge is 0.381 e. The van der Waals surface area contributed by atoms with Crippen LogP contribution in [0.4, 0.5) is 5.82 Å². The summed E-state index contributed by atoms with van der Waals surface area (Å²) >= 11 is 0. The molecule has 0 spiro atoms. The summed E-state index contributed by atoms with van der Waals surface area (Å²) in [4.78, 5) is 8.84. The first-order chi connectivity index (χ1) is 11.2. The maximum Gasteiger partial charge on any atom is 0.259 e. The molecule has 23 heavy (non-hydrogen) atoms. The second-order valence-corrected chi connectivity index (χ2v) is 6.51. The predicted molar refractivity (Wildman–Crippen MR) is 88.1 cm³/mol. The van der Waals surface area contributed by atoms with Crippen molar-refractivity contribution in [1.82, 2.24) is 15.1 Å². The van der Waals surface area contributed by atoms with E-state index < -0.39 is 0 Å². The van der Waals surface area contributed by atoms with Gasteiger partial charge in [0.15, 0.2) is 5.82 Å². The molecular formula is C17H24N4O2. The molecule has 6 heteroatoms. The number of hydrogen-bond acceptors (Lipinski definition) is 6. The Bertz CT molecular complexity index is 603. The average Bonchev–Trinajstić information content (AvgIpc) is 3.02. The van der Waals surface area contributed by atoms with Crippen LogP contribution in [0.3, 0.4) is 0 Å². The lowest BCUT2D eigenvalue weighted by molar-refractivity contribution is 0.0595. The number of hydrogen-bond donors (Lipinski definition) is 1. The molecule has 1 aliphatic rings. The molecule has 1 aliphatic heterocycles. The number of aromatic nitrogens is 3. The molecule has 0 aromatic carbocycles. The lowest BCUT2D eigenvalue weighted by Crippen LogP contribution is -2.24. The Hall–Kier alpha value is -1.95. The highest BCUT2D eigenvalue weighted by Gasteiger charge is 2.14. The van der Waals surface area contributed by atoms with E-state index in [-0.39, 0.29) is 0 Å². The summed E-state index contributed by atoms with van der Waals surface area (Å²) in [5, 5.41) is 7.38. The zero-order valence-electron chi connectivity index (χ0n) is 13.8. The van der Waals surface area contributed by atoms with E-state index in [2.05, 4.69) is 34.3 Å². The highest BCUT2D eigenvalue weighted by molar-refractivity contribution is 5.54. The van der Waals surface area contributed by atoms with Gasteiger partial charge in [-0.3, -0.25) is 0 Å². The highest BCUT2D eigenvalue weighted by atomic mass is 16.5.